The average molecular weight is 423 g/mol. The minimum Gasteiger partial charge on any atom is -0.468 e. The van der Waals surface area contributed by atoms with Crippen molar-refractivity contribution >= 4 is 50.6 Å². The maximum absolute atomic E-state index is 12.4. The number of amides is 1. The van der Waals surface area contributed by atoms with Crippen LogP contribution in [0.3, 0.4) is 0 Å². The third kappa shape index (κ3) is 5.54. The number of furan rings is 1. The molecule has 0 saturated carbocycles. The Morgan fingerprint density at radius 1 is 1.19 bits per heavy atom. The van der Waals surface area contributed by atoms with Crippen molar-refractivity contribution in [3.63, 3.8) is 0 Å². The number of carbonyl (C=O) groups is 1. The summed E-state index contributed by atoms with van der Waals surface area (Å²) in [6.07, 6.45) is 4.47. The highest BCUT2D eigenvalue weighted by atomic mass is 35.5. The molecule has 0 unspecified atom stereocenters. The van der Waals surface area contributed by atoms with Crippen molar-refractivity contribution in [2.45, 2.75) is 11.4 Å². The zero-order valence-electron chi connectivity index (χ0n) is 13.9. The first-order valence-corrected chi connectivity index (χ1v) is 10.5. The smallest absolute Gasteiger partial charge is 0.248 e. The Morgan fingerprint density at radius 3 is 2.74 bits per heavy atom. The number of sulfonamides is 1. The Kier molecular flexibility index (Phi) is 6.12. The second kappa shape index (κ2) is 8.53. The van der Waals surface area contributed by atoms with Gasteiger partial charge in [0.25, 0.3) is 0 Å². The van der Waals surface area contributed by atoms with E-state index >= 15 is 0 Å². The molecule has 0 saturated heterocycles. The van der Waals surface area contributed by atoms with Gasteiger partial charge >= 0.3 is 0 Å². The van der Waals surface area contributed by atoms with Crippen molar-refractivity contribution in [1.82, 2.24) is 4.72 Å². The number of benzene rings is 1. The van der Waals surface area contributed by atoms with Crippen LogP contribution in [0.25, 0.3) is 6.08 Å². The lowest BCUT2D eigenvalue weighted by molar-refractivity contribution is -0.111. The average Bonchev–Trinajstić information content (AvgIpc) is 3.30. The lowest BCUT2D eigenvalue weighted by Gasteiger charge is -2.08. The number of hydrogen-bond acceptors (Lipinski definition) is 5. The highest BCUT2D eigenvalue weighted by Crippen LogP contribution is 2.22. The molecular formula is C18H15ClN2O4S2. The van der Waals surface area contributed by atoms with Crippen molar-refractivity contribution in [3.05, 3.63) is 75.8 Å². The van der Waals surface area contributed by atoms with E-state index in [0.717, 1.165) is 4.88 Å². The van der Waals surface area contributed by atoms with E-state index in [9.17, 15) is 13.2 Å². The third-order valence-corrected chi connectivity index (χ3v) is 6.02. The van der Waals surface area contributed by atoms with Crippen LogP contribution in [0, 0.1) is 0 Å². The van der Waals surface area contributed by atoms with E-state index in [4.69, 9.17) is 16.0 Å². The van der Waals surface area contributed by atoms with Crippen LogP contribution in [0.4, 0.5) is 5.69 Å². The Bertz CT molecular complexity index is 1060. The van der Waals surface area contributed by atoms with Gasteiger partial charge in [-0.1, -0.05) is 17.7 Å². The van der Waals surface area contributed by atoms with Crippen molar-refractivity contribution in [2.24, 2.45) is 0 Å². The van der Waals surface area contributed by atoms with Crippen LogP contribution < -0.4 is 10.0 Å². The summed E-state index contributed by atoms with van der Waals surface area (Å²) in [5, 5.41) is 2.64. The van der Waals surface area contributed by atoms with Gasteiger partial charge in [0, 0.05) is 16.6 Å². The van der Waals surface area contributed by atoms with Gasteiger partial charge in [0.15, 0.2) is 0 Å². The zero-order chi connectivity index (χ0) is 19.3. The molecule has 1 amide bonds. The molecule has 0 spiro atoms. The second-order valence-electron chi connectivity index (χ2n) is 5.40. The maximum Gasteiger partial charge on any atom is 0.248 e. The minimum absolute atomic E-state index is 0.0397. The first-order valence-electron chi connectivity index (χ1n) is 7.79. The standard InChI is InChI=1S/C18H15ClN2O4S2/c19-17-8-6-15(26-17)7-9-18(22)21-13-3-1-5-16(11-13)27(23,24)20-12-14-4-2-10-25-14/h1-11,20H,12H2,(H,21,22). The van der Waals surface area contributed by atoms with Crippen molar-refractivity contribution in [3.8, 4) is 0 Å². The summed E-state index contributed by atoms with van der Waals surface area (Å²) in [6, 6.07) is 12.9. The lowest BCUT2D eigenvalue weighted by atomic mass is 10.3. The van der Waals surface area contributed by atoms with E-state index in [1.807, 2.05) is 0 Å². The molecule has 2 N–H and O–H groups in total. The Hall–Kier alpha value is -2.39. The molecule has 140 valence electrons. The normalized spacial score (nSPS) is 11.7. The van der Waals surface area contributed by atoms with E-state index < -0.39 is 10.0 Å². The van der Waals surface area contributed by atoms with Gasteiger partial charge in [0.05, 0.1) is 22.0 Å². The predicted octanol–water partition coefficient (Wildman–Crippen LogP) is 4.12. The Labute approximate surface area is 165 Å². The number of halogens is 1. The molecule has 0 aliphatic carbocycles. The molecule has 0 bridgehead atoms. The highest BCUT2D eigenvalue weighted by molar-refractivity contribution is 7.89. The summed E-state index contributed by atoms with van der Waals surface area (Å²) in [6.45, 7) is 0.0397. The first kappa shape index (κ1) is 19.4. The molecule has 0 aliphatic rings. The molecular weight excluding hydrogens is 408 g/mol. The van der Waals surface area contributed by atoms with Gasteiger partial charge < -0.3 is 9.73 Å². The molecule has 0 atom stereocenters. The summed E-state index contributed by atoms with van der Waals surface area (Å²) in [4.78, 5) is 12.9. The lowest BCUT2D eigenvalue weighted by Crippen LogP contribution is -2.23. The Morgan fingerprint density at radius 2 is 2.04 bits per heavy atom. The highest BCUT2D eigenvalue weighted by Gasteiger charge is 2.15. The van der Waals surface area contributed by atoms with Crippen LogP contribution >= 0.6 is 22.9 Å². The Balaban J connectivity index is 1.65. The van der Waals surface area contributed by atoms with Crippen LogP contribution in [0.2, 0.25) is 4.34 Å². The molecule has 1 aromatic carbocycles. The van der Waals surface area contributed by atoms with Crippen LogP contribution in [0.15, 0.2) is 70.2 Å². The second-order valence-corrected chi connectivity index (χ2v) is 8.91. The molecule has 9 heteroatoms. The summed E-state index contributed by atoms with van der Waals surface area (Å²) < 4.78 is 33.0. The van der Waals surface area contributed by atoms with Gasteiger partial charge in [0.2, 0.25) is 15.9 Å². The summed E-state index contributed by atoms with van der Waals surface area (Å²) in [5.41, 5.74) is 0.370. The van der Waals surface area contributed by atoms with E-state index in [0.29, 0.717) is 15.8 Å². The van der Waals surface area contributed by atoms with Gasteiger partial charge in [-0.25, -0.2) is 13.1 Å². The maximum atomic E-state index is 12.4. The van der Waals surface area contributed by atoms with E-state index in [-0.39, 0.29) is 17.3 Å². The van der Waals surface area contributed by atoms with Crippen molar-refractivity contribution in [1.29, 1.82) is 0 Å². The number of anilines is 1. The predicted molar refractivity (Wildman–Crippen MR) is 106 cm³/mol. The molecule has 0 aliphatic heterocycles. The van der Waals surface area contributed by atoms with Gasteiger partial charge in [-0.05, 0) is 48.5 Å². The van der Waals surface area contributed by atoms with Gasteiger partial charge in [0.1, 0.15) is 5.76 Å². The first-order chi connectivity index (χ1) is 12.9. The molecule has 6 nitrogen and oxygen atoms in total. The van der Waals surface area contributed by atoms with Gasteiger partial charge in [-0.2, -0.15) is 0 Å². The van der Waals surface area contributed by atoms with Crippen LogP contribution in [0.5, 0.6) is 0 Å². The number of hydrogen-bond donors (Lipinski definition) is 2. The molecule has 0 radical (unpaired) electrons. The molecule has 3 aromatic rings. The molecule has 3 rings (SSSR count). The largest absolute Gasteiger partial charge is 0.468 e. The number of rotatable bonds is 7. The molecule has 2 heterocycles. The van der Waals surface area contributed by atoms with Gasteiger partial charge in [-0.15, -0.1) is 11.3 Å². The number of thiophene rings is 1. The quantitative estimate of drug-likeness (QED) is 0.560. The minimum atomic E-state index is -3.74. The van der Waals surface area contributed by atoms with Crippen LogP contribution in [0.1, 0.15) is 10.6 Å². The van der Waals surface area contributed by atoms with Crippen molar-refractivity contribution in [2.75, 3.05) is 5.32 Å². The fourth-order valence-electron chi connectivity index (χ4n) is 2.16. The summed E-state index contributed by atoms with van der Waals surface area (Å²) in [5.74, 6) is 0.125. The SMILES string of the molecule is O=C(C=Cc1ccc(Cl)s1)Nc1cccc(S(=O)(=O)NCc2ccco2)c1. The number of carbonyl (C=O) groups excluding carboxylic acids is 1. The third-order valence-electron chi connectivity index (χ3n) is 3.42. The fourth-order valence-corrected chi connectivity index (χ4v) is 4.17. The van der Waals surface area contributed by atoms with E-state index in [1.165, 1.54) is 35.8 Å². The molecule has 2 aromatic heterocycles. The molecule has 0 fully saturated rings. The van der Waals surface area contributed by atoms with E-state index in [2.05, 4.69) is 10.0 Å². The van der Waals surface area contributed by atoms with E-state index in [1.54, 1.807) is 42.5 Å². The van der Waals surface area contributed by atoms with Crippen molar-refractivity contribution < 1.29 is 17.6 Å². The van der Waals surface area contributed by atoms with Crippen LogP contribution in [-0.4, -0.2) is 14.3 Å². The zero-order valence-corrected chi connectivity index (χ0v) is 16.3. The topological polar surface area (TPSA) is 88.4 Å². The summed E-state index contributed by atoms with van der Waals surface area (Å²) >= 11 is 7.19. The fraction of sp³-hybridized carbons (Fsp3) is 0.0556. The monoisotopic (exact) mass is 422 g/mol. The van der Waals surface area contributed by atoms with Crippen LogP contribution in [-0.2, 0) is 21.4 Å². The molecule has 27 heavy (non-hydrogen) atoms. The summed E-state index contributed by atoms with van der Waals surface area (Å²) in [7, 11) is -3.74. The number of nitrogens with one attached hydrogen (secondary N) is 2. The van der Waals surface area contributed by atoms with Gasteiger partial charge in [-0.3, -0.25) is 4.79 Å².